The van der Waals surface area contributed by atoms with Crippen LogP contribution in [0.25, 0.3) is 0 Å². The molecule has 3 nitrogen and oxygen atoms in total. The second kappa shape index (κ2) is 3.74. The molecular weight excluding hydrogens is 198 g/mol. The second-order valence-electron chi connectivity index (χ2n) is 5.68. The largest absolute Gasteiger partial charge is 0.377 e. The number of pyridine rings is 1. The smallest absolute Gasteiger partial charge is 0.0609 e. The van der Waals surface area contributed by atoms with Crippen molar-refractivity contribution in [2.75, 3.05) is 19.0 Å². The molecule has 1 aliphatic rings. The summed E-state index contributed by atoms with van der Waals surface area (Å²) in [4.78, 5) is 9.14. The molecule has 0 saturated carbocycles. The lowest BCUT2D eigenvalue weighted by atomic mass is 10.1. The Morgan fingerprint density at radius 3 is 2.50 bits per heavy atom. The van der Waals surface area contributed by atoms with Crippen LogP contribution in [0.15, 0.2) is 12.3 Å². The number of aromatic nitrogens is 1. The van der Waals surface area contributed by atoms with Gasteiger partial charge in [0.2, 0.25) is 0 Å². The summed E-state index contributed by atoms with van der Waals surface area (Å²) in [6.07, 6.45) is 1.92. The molecule has 16 heavy (non-hydrogen) atoms. The summed E-state index contributed by atoms with van der Waals surface area (Å²) in [6, 6.07) is 2.10. The van der Waals surface area contributed by atoms with Gasteiger partial charge in [0.15, 0.2) is 0 Å². The first-order valence-corrected chi connectivity index (χ1v) is 5.79. The Balaban J connectivity index is 2.34. The Morgan fingerprint density at radius 2 is 1.94 bits per heavy atom. The fourth-order valence-corrected chi connectivity index (χ4v) is 2.15. The molecule has 0 radical (unpaired) electrons. The van der Waals surface area contributed by atoms with Crippen LogP contribution in [0.1, 0.15) is 32.0 Å². The van der Waals surface area contributed by atoms with E-state index >= 15 is 0 Å². The average Bonchev–Trinajstić information content (AvgIpc) is 2.59. The van der Waals surface area contributed by atoms with Gasteiger partial charge in [-0.25, -0.2) is 0 Å². The molecule has 2 rings (SSSR count). The third-order valence-corrected chi connectivity index (χ3v) is 3.24. The van der Waals surface area contributed by atoms with E-state index in [2.05, 4.69) is 55.7 Å². The molecule has 1 aromatic heterocycles. The van der Waals surface area contributed by atoms with E-state index in [1.165, 1.54) is 16.9 Å². The summed E-state index contributed by atoms with van der Waals surface area (Å²) in [5, 5.41) is 0. The lowest BCUT2D eigenvalue weighted by Crippen LogP contribution is -2.37. The highest BCUT2D eigenvalue weighted by molar-refractivity contribution is 5.55. The highest BCUT2D eigenvalue weighted by Crippen LogP contribution is 2.32. The van der Waals surface area contributed by atoms with Crippen LogP contribution in [0.4, 0.5) is 5.69 Å². The molecule has 1 aliphatic heterocycles. The molecule has 0 amide bonds. The number of hydrogen-bond acceptors (Lipinski definition) is 3. The van der Waals surface area contributed by atoms with Gasteiger partial charge in [-0.05, 0) is 26.8 Å². The van der Waals surface area contributed by atoms with E-state index in [0.29, 0.717) is 0 Å². The summed E-state index contributed by atoms with van der Waals surface area (Å²) in [5.41, 5.74) is 4.14. The summed E-state index contributed by atoms with van der Waals surface area (Å²) in [5.74, 6) is 0. The van der Waals surface area contributed by atoms with Crippen molar-refractivity contribution in [2.45, 2.75) is 39.4 Å². The highest BCUT2D eigenvalue weighted by Gasteiger charge is 2.30. The van der Waals surface area contributed by atoms with Crippen molar-refractivity contribution in [3.05, 3.63) is 23.5 Å². The lowest BCUT2D eigenvalue weighted by molar-refractivity contribution is 0.135. The Kier molecular flexibility index (Phi) is 2.66. The molecule has 0 fully saturated rings. The van der Waals surface area contributed by atoms with E-state index in [1.54, 1.807) is 0 Å². The zero-order chi connectivity index (χ0) is 11.9. The molecule has 0 N–H and O–H groups in total. The van der Waals surface area contributed by atoms with Crippen LogP contribution in [0.3, 0.4) is 0 Å². The van der Waals surface area contributed by atoms with Gasteiger partial charge in [-0.15, -0.1) is 0 Å². The maximum Gasteiger partial charge on any atom is 0.0609 e. The van der Waals surface area contributed by atoms with E-state index in [0.717, 1.165) is 13.1 Å². The third-order valence-electron chi connectivity index (χ3n) is 3.24. The van der Waals surface area contributed by atoms with E-state index in [-0.39, 0.29) is 5.54 Å². The van der Waals surface area contributed by atoms with Crippen molar-refractivity contribution in [1.29, 1.82) is 0 Å². The summed E-state index contributed by atoms with van der Waals surface area (Å²) in [6.45, 7) is 8.76. The molecule has 88 valence electrons. The van der Waals surface area contributed by atoms with Crippen LogP contribution in [0.2, 0.25) is 0 Å². The van der Waals surface area contributed by atoms with Crippen molar-refractivity contribution in [3.8, 4) is 0 Å². The number of anilines is 1. The van der Waals surface area contributed by atoms with Gasteiger partial charge < -0.3 is 4.90 Å². The summed E-state index contributed by atoms with van der Waals surface area (Å²) in [7, 11) is 4.19. The van der Waals surface area contributed by atoms with E-state index in [4.69, 9.17) is 0 Å². The summed E-state index contributed by atoms with van der Waals surface area (Å²) < 4.78 is 0. The van der Waals surface area contributed by atoms with Gasteiger partial charge in [0.05, 0.1) is 5.69 Å². The zero-order valence-corrected chi connectivity index (χ0v) is 10.9. The molecule has 0 saturated heterocycles. The van der Waals surface area contributed by atoms with Crippen molar-refractivity contribution < 1.29 is 0 Å². The fourth-order valence-electron chi connectivity index (χ4n) is 2.15. The van der Waals surface area contributed by atoms with Gasteiger partial charge in [0.1, 0.15) is 0 Å². The molecule has 0 aromatic carbocycles. The molecule has 0 atom stereocenters. The first-order chi connectivity index (χ1) is 7.39. The minimum atomic E-state index is 0.213. The zero-order valence-electron chi connectivity index (χ0n) is 10.9. The standard InChI is InChI=1S/C13H21N3/c1-13(2,3)16-8-10-11(9-16)14-7-6-12(10)15(4)5/h6-7H,8-9H2,1-5H3. The number of rotatable bonds is 1. The monoisotopic (exact) mass is 219 g/mol. The average molecular weight is 219 g/mol. The molecular formula is C13H21N3. The first-order valence-electron chi connectivity index (χ1n) is 5.79. The van der Waals surface area contributed by atoms with Gasteiger partial charge in [-0.2, -0.15) is 0 Å². The third kappa shape index (κ3) is 1.92. The lowest BCUT2D eigenvalue weighted by Gasteiger charge is -2.31. The van der Waals surface area contributed by atoms with Gasteiger partial charge in [0, 0.05) is 50.2 Å². The van der Waals surface area contributed by atoms with E-state index in [1.807, 2.05) is 6.20 Å². The molecule has 2 heterocycles. The normalized spacial score (nSPS) is 16.3. The molecule has 0 spiro atoms. The van der Waals surface area contributed by atoms with Gasteiger partial charge in [0.25, 0.3) is 0 Å². The Labute approximate surface area is 98.1 Å². The predicted octanol–water partition coefficient (Wildman–Crippen LogP) is 2.26. The van der Waals surface area contributed by atoms with Crippen molar-refractivity contribution in [3.63, 3.8) is 0 Å². The summed E-state index contributed by atoms with van der Waals surface area (Å²) >= 11 is 0. The van der Waals surface area contributed by atoms with Crippen molar-refractivity contribution in [2.24, 2.45) is 0 Å². The second-order valence-corrected chi connectivity index (χ2v) is 5.68. The topological polar surface area (TPSA) is 19.4 Å². The predicted molar refractivity (Wildman–Crippen MR) is 67.6 cm³/mol. The maximum atomic E-state index is 4.50. The number of hydrogen-bond donors (Lipinski definition) is 0. The quantitative estimate of drug-likeness (QED) is 0.722. The first kappa shape index (κ1) is 11.4. The van der Waals surface area contributed by atoms with Crippen LogP contribution in [0.5, 0.6) is 0 Å². The Hall–Kier alpha value is -1.09. The van der Waals surface area contributed by atoms with Crippen LogP contribution >= 0.6 is 0 Å². The Morgan fingerprint density at radius 1 is 1.25 bits per heavy atom. The number of nitrogens with zero attached hydrogens (tertiary/aromatic N) is 3. The molecule has 0 bridgehead atoms. The fraction of sp³-hybridized carbons (Fsp3) is 0.615. The highest BCUT2D eigenvalue weighted by atomic mass is 15.2. The van der Waals surface area contributed by atoms with Gasteiger partial charge in [-0.3, -0.25) is 9.88 Å². The molecule has 3 heteroatoms. The molecule has 0 unspecified atom stereocenters. The van der Waals surface area contributed by atoms with Gasteiger partial charge >= 0.3 is 0 Å². The molecule has 1 aromatic rings. The minimum absolute atomic E-state index is 0.213. The van der Waals surface area contributed by atoms with Crippen molar-refractivity contribution in [1.82, 2.24) is 9.88 Å². The maximum absolute atomic E-state index is 4.50. The van der Waals surface area contributed by atoms with Crippen LogP contribution in [-0.2, 0) is 13.1 Å². The number of fused-ring (bicyclic) bond motifs is 1. The van der Waals surface area contributed by atoms with E-state index in [9.17, 15) is 0 Å². The van der Waals surface area contributed by atoms with Crippen molar-refractivity contribution >= 4 is 5.69 Å². The Bertz CT molecular complexity index is 391. The molecule has 0 aliphatic carbocycles. The van der Waals surface area contributed by atoms with E-state index < -0.39 is 0 Å². The van der Waals surface area contributed by atoms with Gasteiger partial charge in [-0.1, -0.05) is 0 Å². The van der Waals surface area contributed by atoms with Crippen LogP contribution in [-0.4, -0.2) is 29.5 Å². The van der Waals surface area contributed by atoms with Crippen LogP contribution < -0.4 is 4.90 Å². The SMILES string of the molecule is CN(C)c1ccnc2c1CN(C(C)(C)C)C2. The van der Waals surface area contributed by atoms with Crippen LogP contribution in [0, 0.1) is 0 Å². The minimum Gasteiger partial charge on any atom is -0.377 e.